The van der Waals surface area contributed by atoms with Crippen molar-refractivity contribution in [1.29, 1.82) is 0 Å². The van der Waals surface area contributed by atoms with Crippen LogP contribution >= 0.6 is 11.6 Å². The van der Waals surface area contributed by atoms with E-state index in [1.165, 1.54) is 6.07 Å². The van der Waals surface area contributed by atoms with Crippen molar-refractivity contribution in [1.82, 2.24) is 5.32 Å². The fourth-order valence-electron chi connectivity index (χ4n) is 2.10. The summed E-state index contributed by atoms with van der Waals surface area (Å²) in [4.78, 5) is 0. The fraction of sp³-hybridized carbons (Fsp3) is 0.385. The van der Waals surface area contributed by atoms with Gasteiger partial charge in [0.15, 0.2) is 0 Å². The number of alkyl halides is 3. The van der Waals surface area contributed by atoms with Crippen LogP contribution in [0.15, 0.2) is 30.1 Å². The summed E-state index contributed by atoms with van der Waals surface area (Å²) in [6, 6.07) is 4.06. The smallest absolute Gasteiger partial charge is 0.386 e. The van der Waals surface area contributed by atoms with Gasteiger partial charge in [-0.1, -0.05) is 17.7 Å². The van der Waals surface area contributed by atoms with Crippen LogP contribution in [-0.4, -0.2) is 6.54 Å². The molecule has 0 unspecified atom stereocenters. The Hall–Kier alpha value is -1.36. The second kappa shape index (κ2) is 5.33. The minimum atomic E-state index is -4.41. The minimum Gasteiger partial charge on any atom is -0.386 e. The van der Waals surface area contributed by atoms with Gasteiger partial charge in [-0.3, -0.25) is 0 Å². The molecular weight excluding hydrogens is 277 g/mol. The first-order chi connectivity index (χ1) is 8.86. The third-order valence-electron chi connectivity index (χ3n) is 3.12. The van der Waals surface area contributed by atoms with E-state index >= 15 is 0 Å². The molecule has 0 spiro atoms. The van der Waals surface area contributed by atoms with Crippen LogP contribution in [-0.2, 0) is 12.6 Å². The summed E-state index contributed by atoms with van der Waals surface area (Å²) in [5.41, 5.74) is 5.44. The second-order valence-electron chi connectivity index (χ2n) is 4.61. The highest BCUT2D eigenvalue weighted by molar-refractivity contribution is 6.31. The summed E-state index contributed by atoms with van der Waals surface area (Å²) in [6.07, 6.45) is -1.18. The Labute approximate surface area is 114 Å². The van der Waals surface area contributed by atoms with Gasteiger partial charge in [-0.05, 0) is 42.5 Å². The normalized spacial score (nSPS) is 19.2. The van der Waals surface area contributed by atoms with Gasteiger partial charge in [0.2, 0.25) is 0 Å². The molecule has 0 saturated heterocycles. The molecule has 0 amide bonds. The Balaban J connectivity index is 2.05. The summed E-state index contributed by atoms with van der Waals surface area (Å²) in [7, 11) is 0. The minimum absolute atomic E-state index is 0.261. The molecule has 0 bridgehead atoms. The third-order valence-corrected chi connectivity index (χ3v) is 3.45. The molecule has 3 N–H and O–H groups in total. The largest absolute Gasteiger partial charge is 0.417 e. The number of halogens is 4. The number of aryl methyl sites for hydroxylation is 1. The van der Waals surface area contributed by atoms with Crippen LogP contribution in [0.1, 0.15) is 17.5 Å². The first-order valence-electron chi connectivity index (χ1n) is 5.93. The molecule has 6 heteroatoms. The molecule has 0 saturated carbocycles. The predicted octanol–water partition coefficient (Wildman–Crippen LogP) is 3.31. The van der Waals surface area contributed by atoms with E-state index in [-0.39, 0.29) is 10.9 Å². The van der Waals surface area contributed by atoms with E-state index in [2.05, 4.69) is 5.32 Å². The molecule has 1 aromatic carbocycles. The number of hydrogen-bond acceptors (Lipinski definition) is 2. The van der Waals surface area contributed by atoms with Gasteiger partial charge >= 0.3 is 6.18 Å². The summed E-state index contributed by atoms with van der Waals surface area (Å²) in [5.74, 6) is 0.905. The van der Waals surface area contributed by atoms with Crippen LogP contribution in [0.3, 0.4) is 0 Å². The van der Waals surface area contributed by atoms with Crippen molar-refractivity contribution in [2.75, 3.05) is 6.54 Å². The molecule has 2 nitrogen and oxygen atoms in total. The van der Waals surface area contributed by atoms with Crippen LogP contribution in [0, 0.1) is 5.92 Å². The highest BCUT2D eigenvalue weighted by atomic mass is 35.5. The summed E-state index contributed by atoms with van der Waals surface area (Å²) in [6.45, 7) is 0.742. The second-order valence-corrected chi connectivity index (χ2v) is 5.02. The van der Waals surface area contributed by atoms with Crippen molar-refractivity contribution < 1.29 is 13.2 Å². The molecule has 0 radical (unpaired) electrons. The topological polar surface area (TPSA) is 38.0 Å². The maximum Gasteiger partial charge on any atom is 0.417 e. The Morgan fingerprint density at radius 2 is 2.11 bits per heavy atom. The molecule has 0 fully saturated rings. The predicted molar refractivity (Wildman–Crippen MR) is 68.5 cm³/mol. The van der Waals surface area contributed by atoms with E-state index in [9.17, 15) is 13.2 Å². The Morgan fingerprint density at radius 1 is 1.37 bits per heavy atom. The van der Waals surface area contributed by atoms with E-state index in [0.717, 1.165) is 19.0 Å². The van der Waals surface area contributed by atoms with Crippen molar-refractivity contribution in [2.45, 2.75) is 19.0 Å². The van der Waals surface area contributed by atoms with Crippen LogP contribution in [0.2, 0.25) is 5.02 Å². The average Bonchev–Trinajstić information content (AvgIpc) is 2.72. The van der Waals surface area contributed by atoms with Crippen molar-refractivity contribution in [3.05, 3.63) is 46.2 Å². The average molecular weight is 291 g/mol. The molecule has 0 aliphatic carbocycles. The first kappa shape index (κ1) is 14.1. The maximum absolute atomic E-state index is 12.7. The van der Waals surface area contributed by atoms with Crippen LogP contribution in [0.4, 0.5) is 13.2 Å². The monoisotopic (exact) mass is 290 g/mol. The SMILES string of the molecule is NC1=C[C@H](CCc2ccc(Cl)c(C(F)(F)F)c2)CN1. The molecule has 1 atom stereocenters. The quantitative estimate of drug-likeness (QED) is 0.896. The van der Waals surface area contributed by atoms with Gasteiger partial charge in [0.05, 0.1) is 16.4 Å². The van der Waals surface area contributed by atoms with Crippen molar-refractivity contribution in [3.63, 3.8) is 0 Å². The van der Waals surface area contributed by atoms with Crippen molar-refractivity contribution in [2.24, 2.45) is 11.7 Å². The Morgan fingerprint density at radius 3 is 2.68 bits per heavy atom. The lowest BCUT2D eigenvalue weighted by Crippen LogP contribution is -2.16. The molecular formula is C13H14ClF3N2. The van der Waals surface area contributed by atoms with Gasteiger partial charge in [-0.15, -0.1) is 0 Å². The molecule has 1 aliphatic rings. The number of nitrogens with two attached hydrogens (primary N) is 1. The fourth-order valence-corrected chi connectivity index (χ4v) is 2.33. The summed E-state index contributed by atoms with van der Waals surface area (Å²) >= 11 is 5.57. The van der Waals surface area contributed by atoms with Crippen LogP contribution < -0.4 is 11.1 Å². The number of rotatable bonds is 3. The zero-order valence-electron chi connectivity index (χ0n) is 10.1. The van der Waals surface area contributed by atoms with E-state index in [4.69, 9.17) is 17.3 Å². The maximum atomic E-state index is 12.7. The van der Waals surface area contributed by atoms with E-state index < -0.39 is 11.7 Å². The van der Waals surface area contributed by atoms with Gasteiger partial charge in [0.25, 0.3) is 0 Å². The lowest BCUT2D eigenvalue weighted by molar-refractivity contribution is -0.137. The van der Waals surface area contributed by atoms with Gasteiger partial charge in [-0.2, -0.15) is 13.2 Å². The van der Waals surface area contributed by atoms with Gasteiger partial charge < -0.3 is 11.1 Å². The highest BCUT2D eigenvalue weighted by Crippen LogP contribution is 2.35. The number of nitrogens with one attached hydrogen (secondary N) is 1. The number of hydrogen-bond donors (Lipinski definition) is 2. The van der Waals surface area contributed by atoms with Gasteiger partial charge in [0, 0.05) is 6.54 Å². The molecule has 19 heavy (non-hydrogen) atoms. The lowest BCUT2D eigenvalue weighted by Gasteiger charge is -2.12. The summed E-state index contributed by atoms with van der Waals surface area (Å²) < 4.78 is 38.1. The zero-order chi connectivity index (χ0) is 14.0. The molecule has 1 aromatic rings. The molecule has 0 aromatic heterocycles. The van der Waals surface area contributed by atoms with E-state index in [1.807, 2.05) is 6.08 Å². The van der Waals surface area contributed by atoms with Crippen molar-refractivity contribution >= 4 is 11.6 Å². The standard InChI is InChI=1S/C13H14ClF3N2/c14-11-4-3-8(5-10(11)13(15,16)17)1-2-9-6-12(18)19-7-9/h3-6,9,19H,1-2,7,18H2/t9-/m0/s1. The molecule has 104 valence electrons. The molecule has 1 heterocycles. The van der Waals surface area contributed by atoms with Gasteiger partial charge in [-0.25, -0.2) is 0 Å². The highest BCUT2D eigenvalue weighted by Gasteiger charge is 2.33. The summed E-state index contributed by atoms with van der Waals surface area (Å²) in [5, 5.41) is 2.73. The molecule has 2 rings (SSSR count). The number of benzene rings is 1. The molecule has 1 aliphatic heterocycles. The Bertz CT molecular complexity index is 497. The van der Waals surface area contributed by atoms with Crippen molar-refractivity contribution in [3.8, 4) is 0 Å². The van der Waals surface area contributed by atoms with E-state index in [0.29, 0.717) is 17.8 Å². The van der Waals surface area contributed by atoms with E-state index in [1.54, 1.807) is 6.07 Å². The Kier molecular flexibility index (Phi) is 3.94. The third kappa shape index (κ3) is 3.56. The van der Waals surface area contributed by atoms with Gasteiger partial charge in [0.1, 0.15) is 0 Å². The zero-order valence-corrected chi connectivity index (χ0v) is 10.9. The first-order valence-corrected chi connectivity index (χ1v) is 6.31. The van der Waals surface area contributed by atoms with Crippen LogP contribution in [0.5, 0.6) is 0 Å². The lowest BCUT2D eigenvalue weighted by atomic mass is 9.99. The van der Waals surface area contributed by atoms with Crippen LogP contribution in [0.25, 0.3) is 0 Å².